The van der Waals surface area contributed by atoms with Crippen molar-refractivity contribution in [3.63, 3.8) is 0 Å². The van der Waals surface area contributed by atoms with Gasteiger partial charge in [0.1, 0.15) is 6.10 Å². The summed E-state index contributed by atoms with van der Waals surface area (Å²) in [6, 6.07) is 0. The molecule has 17 heavy (non-hydrogen) atoms. The van der Waals surface area contributed by atoms with Gasteiger partial charge in [-0.1, -0.05) is 0 Å². The normalized spacial score (nSPS) is 36.3. The van der Waals surface area contributed by atoms with E-state index in [1.807, 2.05) is 34.6 Å². The molecule has 3 atom stereocenters. The van der Waals surface area contributed by atoms with E-state index in [0.717, 1.165) is 0 Å². The SMILES string of the molecule is CC(C)(C)OCC1CC(=O)C2OC(C)(C)OC12. The smallest absolute Gasteiger partial charge is 0.164 e. The van der Waals surface area contributed by atoms with Crippen molar-refractivity contribution in [2.45, 2.75) is 64.6 Å². The number of ketones is 1. The van der Waals surface area contributed by atoms with Crippen molar-refractivity contribution in [1.82, 2.24) is 0 Å². The van der Waals surface area contributed by atoms with Crippen molar-refractivity contribution < 1.29 is 19.0 Å². The van der Waals surface area contributed by atoms with Gasteiger partial charge in [0, 0.05) is 12.3 Å². The number of carbonyl (C=O) groups excluding carboxylic acids is 1. The summed E-state index contributed by atoms with van der Waals surface area (Å²) < 4.78 is 17.2. The standard InChI is InChI=1S/C13H22O4/c1-12(2,3)15-7-8-6-9(14)11-10(8)16-13(4,5)17-11/h8,10-11H,6-7H2,1-5H3. The second kappa shape index (κ2) is 4.04. The lowest BCUT2D eigenvalue weighted by Gasteiger charge is -2.25. The molecule has 0 aromatic heterocycles. The fraction of sp³-hybridized carbons (Fsp3) is 0.923. The van der Waals surface area contributed by atoms with E-state index in [1.54, 1.807) is 0 Å². The van der Waals surface area contributed by atoms with E-state index in [0.29, 0.717) is 13.0 Å². The first-order chi connectivity index (χ1) is 7.68. The molecule has 1 saturated carbocycles. The van der Waals surface area contributed by atoms with Gasteiger partial charge in [-0.25, -0.2) is 0 Å². The molecule has 0 amide bonds. The zero-order valence-corrected chi connectivity index (χ0v) is 11.3. The van der Waals surface area contributed by atoms with E-state index >= 15 is 0 Å². The van der Waals surface area contributed by atoms with E-state index in [2.05, 4.69) is 0 Å². The average molecular weight is 242 g/mol. The van der Waals surface area contributed by atoms with Crippen LogP contribution in [0, 0.1) is 5.92 Å². The molecule has 1 heterocycles. The number of carbonyl (C=O) groups is 1. The Balaban J connectivity index is 1.99. The lowest BCUT2D eigenvalue weighted by atomic mass is 10.1. The van der Waals surface area contributed by atoms with Crippen LogP contribution in [0.2, 0.25) is 0 Å². The summed E-state index contributed by atoms with van der Waals surface area (Å²) in [5, 5.41) is 0. The maximum atomic E-state index is 11.8. The first kappa shape index (κ1) is 13.0. The van der Waals surface area contributed by atoms with Gasteiger partial charge in [-0.05, 0) is 34.6 Å². The maximum Gasteiger partial charge on any atom is 0.164 e. The predicted octanol–water partition coefficient (Wildman–Crippen LogP) is 1.91. The van der Waals surface area contributed by atoms with E-state index in [4.69, 9.17) is 14.2 Å². The second-order valence-electron chi connectivity index (χ2n) is 6.37. The summed E-state index contributed by atoms with van der Waals surface area (Å²) >= 11 is 0. The van der Waals surface area contributed by atoms with Crippen LogP contribution in [-0.2, 0) is 19.0 Å². The Bertz CT molecular complexity index is 316. The molecular weight excluding hydrogens is 220 g/mol. The Kier molecular flexibility index (Phi) is 3.09. The van der Waals surface area contributed by atoms with Crippen molar-refractivity contribution in [1.29, 1.82) is 0 Å². The largest absolute Gasteiger partial charge is 0.375 e. The third kappa shape index (κ3) is 2.87. The van der Waals surface area contributed by atoms with Crippen LogP contribution >= 0.6 is 0 Å². The number of Topliss-reactive ketones (excluding diaryl/α,β-unsaturated/α-hetero) is 1. The van der Waals surface area contributed by atoms with Gasteiger partial charge in [-0.2, -0.15) is 0 Å². The summed E-state index contributed by atoms with van der Waals surface area (Å²) in [7, 11) is 0. The summed E-state index contributed by atoms with van der Waals surface area (Å²) in [5.41, 5.74) is -0.184. The topological polar surface area (TPSA) is 44.8 Å². The molecule has 0 bridgehead atoms. The minimum Gasteiger partial charge on any atom is -0.375 e. The molecule has 2 rings (SSSR count). The third-order valence-electron chi connectivity index (χ3n) is 3.10. The second-order valence-corrected chi connectivity index (χ2v) is 6.37. The number of rotatable bonds is 2. The Morgan fingerprint density at radius 2 is 2.00 bits per heavy atom. The van der Waals surface area contributed by atoms with E-state index in [-0.39, 0.29) is 23.4 Å². The van der Waals surface area contributed by atoms with E-state index < -0.39 is 11.9 Å². The lowest BCUT2D eigenvalue weighted by molar-refractivity contribution is -0.166. The molecule has 0 aromatic carbocycles. The minimum atomic E-state index is -0.647. The summed E-state index contributed by atoms with van der Waals surface area (Å²) in [5.74, 6) is -0.387. The van der Waals surface area contributed by atoms with Crippen LogP contribution in [0.25, 0.3) is 0 Å². The van der Waals surface area contributed by atoms with Crippen molar-refractivity contribution in [3.8, 4) is 0 Å². The molecule has 0 radical (unpaired) electrons. The molecule has 2 fully saturated rings. The summed E-state index contributed by atoms with van der Waals surface area (Å²) in [6.07, 6.45) is -0.0278. The quantitative estimate of drug-likeness (QED) is 0.742. The van der Waals surface area contributed by atoms with Crippen LogP contribution in [0.15, 0.2) is 0 Å². The summed E-state index contributed by atoms with van der Waals surface area (Å²) in [6.45, 7) is 10.3. The number of hydrogen-bond acceptors (Lipinski definition) is 4. The van der Waals surface area contributed by atoms with Crippen LogP contribution in [0.3, 0.4) is 0 Å². The van der Waals surface area contributed by atoms with Gasteiger partial charge in [0.2, 0.25) is 0 Å². The molecule has 2 aliphatic rings. The number of hydrogen-bond donors (Lipinski definition) is 0. The lowest BCUT2D eigenvalue weighted by Crippen LogP contribution is -2.31. The highest BCUT2D eigenvalue weighted by molar-refractivity contribution is 5.86. The monoisotopic (exact) mass is 242 g/mol. The van der Waals surface area contributed by atoms with Crippen molar-refractivity contribution in [2.75, 3.05) is 6.61 Å². The first-order valence-corrected chi connectivity index (χ1v) is 6.20. The predicted molar refractivity (Wildman–Crippen MR) is 62.6 cm³/mol. The van der Waals surface area contributed by atoms with Gasteiger partial charge in [-0.3, -0.25) is 4.79 Å². The van der Waals surface area contributed by atoms with Gasteiger partial charge in [0.05, 0.1) is 18.3 Å². The molecule has 0 spiro atoms. The molecule has 0 aromatic rings. The fourth-order valence-electron chi connectivity index (χ4n) is 2.38. The number of ether oxygens (including phenoxy) is 3. The van der Waals surface area contributed by atoms with Gasteiger partial charge >= 0.3 is 0 Å². The van der Waals surface area contributed by atoms with Crippen molar-refractivity contribution in [3.05, 3.63) is 0 Å². The van der Waals surface area contributed by atoms with Gasteiger partial charge in [0.15, 0.2) is 11.6 Å². The molecule has 0 N–H and O–H groups in total. The van der Waals surface area contributed by atoms with E-state index in [1.165, 1.54) is 0 Å². The maximum absolute atomic E-state index is 11.8. The van der Waals surface area contributed by atoms with Crippen LogP contribution < -0.4 is 0 Å². The van der Waals surface area contributed by atoms with Crippen LogP contribution in [0.5, 0.6) is 0 Å². The molecule has 1 aliphatic heterocycles. The zero-order chi connectivity index (χ0) is 12.8. The Labute approximate surface area is 103 Å². The molecule has 4 heteroatoms. The Morgan fingerprint density at radius 3 is 2.59 bits per heavy atom. The zero-order valence-electron chi connectivity index (χ0n) is 11.3. The molecule has 3 unspecified atom stereocenters. The van der Waals surface area contributed by atoms with E-state index in [9.17, 15) is 4.79 Å². The van der Waals surface area contributed by atoms with Crippen molar-refractivity contribution >= 4 is 5.78 Å². The molecule has 98 valence electrons. The molecular formula is C13H22O4. The van der Waals surface area contributed by atoms with Crippen LogP contribution in [-0.4, -0.2) is 36.0 Å². The van der Waals surface area contributed by atoms with Gasteiger partial charge < -0.3 is 14.2 Å². The molecule has 1 aliphatic carbocycles. The van der Waals surface area contributed by atoms with Crippen LogP contribution in [0.1, 0.15) is 41.0 Å². The minimum absolute atomic E-state index is 0.119. The fourth-order valence-corrected chi connectivity index (χ4v) is 2.38. The Morgan fingerprint density at radius 1 is 1.35 bits per heavy atom. The van der Waals surface area contributed by atoms with Crippen molar-refractivity contribution in [2.24, 2.45) is 5.92 Å². The highest BCUT2D eigenvalue weighted by Crippen LogP contribution is 2.40. The first-order valence-electron chi connectivity index (χ1n) is 6.20. The average Bonchev–Trinajstić information content (AvgIpc) is 2.58. The van der Waals surface area contributed by atoms with Gasteiger partial charge in [-0.15, -0.1) is 0 Å². The molecule has 4 nitrogen and oxygen atoms in total. The highest BCUT2D eigenvalue weighted by atomic mass is 16.8. The van der Waals surface area contributed by atoms with Crippen LogP contribution in [0.4, 0.5) is 0 Å². The molecule has 1 saturated heterocycles. The number of fused-ring (bicyclic) bond motifs is 1. The Hall–Kier alpha value is -0.450. The third-order valence-corrected chi connectivity index (χ3v) is 3.10. The highest BCUT2D eigenvalue weighted by Gasteiger charge is 2.53. The van der Waals surface area contributed by atoms with Gasteiger partial charge in [0.25, 0.3) is 0 Å². The summed E-state index contributed by atoms with van der Waals surface area (Å²) in [4.78, 5) is 11.8.